The number of thioether (sulfide) groups is 1. The molecule has 1 amide bonds. The third kappa shape index (κ3) is 5.03. The lowest BCUT2D eigenvalue weighted by molar-refractivity contribution is -0.139. The van der Waals surface area contributed by atoms with Gasteiger partial charge in [0.15, 0.2) is 0 Å². The average molecular weight is 288 g/mol. The molecule has 19 heavy (non-hydrogen) atoms. The molecule has 4 N–H and O–H groups in total. The second kappa shape index (κ2) is 7.14. The number of nitrogens with one attached hydrogen (secondary N) is 1. The highest BCUT2D eigenvalue weighted by Gasteiger charge is 2.35. The summed E-state index contributed by atoms with van der Waals surface area (Å²) < 4.78 is 0. The average Bonchev–Trinajstić information content (AvgIpc) is 2.27. The second-order valence-corrected chi connectivity index (χ2v) is 7.16. The first-order valence-corrected chi connectivity index (χ1v) is 7.68. The molecule has 5 nitrogen and oxygen atoms in total. The van der Waals surface area contributed by atoms with Crippen LogP contribution < -0.4 is 11.1 Å². The molecule has 0 aromatic rings. The molecule has 0 bridgehead atoms. The zero-order valence-corrected chi connectivity index (χ0v) is 12.6. The molecule has 110 valence electrons. The van der Waals surface area contributed by atoms with Crippen LogP contribution >= 0.6 is 11.8 Å². The molecule has 1 aliphatic heterocycles. The predicted octanol–water partition coefficient (Wildman–Crippen LogP) is 1.21. The van der Waals surface area contributed by atoms with Crippen LogP contribution in [0.1, 0.15) is 40.0 Å². The van der Waals surface area contributed by atoms with Gasteiger partial charge in [-0.3, -0.25) is 9.59 Å². The number of nitrogens with two attached hydrogens (primary N) is 1. The Morgan fingerprint density at radius 1 is 1.37 bits per heavy atom. The number of carbonyl (C=O) groups excluding carboxylic acids is 1. The van der Waals surface area contributed by atoms with Crippen molar-refractivity contribution in [2.75, 3.05) is 0 Å². The van der Waals surface area contributed by atoms with Crippen molar-refractivity contribution < 1.29 is 14.7 Å². The number of hydrogen-bond donors (Lipinski definition) is 3. The first kappa shape index (κ1) is 16.3. The van der Waals surface area contributed by atoms with E-state index in [1.54, 1.807) is 0 Å². The zero-order valence-electron chi connectivity index (χ0n) is 11.8. The van der Waals surface area contributed by atoms with Gasteiger partial charge in [-0.25, -0.2) is 0 Å². The van der Waals surface area contributed by atoms with Crippen LogP contribution in [-0.2, 0) is 9.59 Å². The van der Waals surface area contributed by atoms with E-state index < -0.39 is 12.0 Å². The fraction of sp³-hybridized carbons (Fsp3) is 0.846. The van der Waals surface area contributed by atoms with E-state index in [1.807, 2.05) is 18.7 Å². The maximum absolute atomic E-state index is 11.6. The van der Waals surface area contributed by atoms with Gasteiger partial charge in [-0.1, -0.05) is 13.8 Å². The smallest absolute Gasteiger partial charge is 0.305 e. The maximum atomic E-state index is 11.6. The first-order chi connectivity index (χ1) is 8.81. The van der Waals surface area contributed by atoms with E-state index in [9.17, 15) is 9.59 Å². The third-order valence-electron chi connectivity index (χ3n) is 3.69. The van der Waals surface area contributed by atoms with Gasteiger partial charge in [-0.2, -0.15) is 11.8 Å². The minimum atomic E-state index is -1.05. The molecule has 3 unspecified atom stereocenters. The van der Waals surface area contributed by atoms with Gasteiger partial charge in [0.1, 0.15) is 0 Å². The Labute approximate surface area is 118 Å². The van der Waals surface area contributed by atoms with Gasteiger partial charge < -0.3 is 16.2 Å². The molecule has 0 aliphatic carbocycles. The number of carboxylic acids is 1. The zero-order chi connectivity index (χ0) is 14.6. The summed E-state index contributed by atoms with van der Waals surface area (Å²) in [5.41, 5.74) is 5.51. The van der Waals surface area contributed by atoms with Crippen molar-refractivity contribution in [3.05, 3.63) is 0 Å². The van der Waals surface area contributed by atoms with E-state index in [1.165, 1.54) is 0 Å². The third-order valence-corrected chi connectivity index (χ3v) is 5.25. The van der Waals surface area contributed by atoms with E-state index in [-0.39, 0.29) is 18.4 Å². The highest BCUT2D eigenvalue weighted by molar-refractivity contribution is 8.01. The van der Waals surface area contributed by atoms with Gasteiger partial charge in [0.25, 0.3) is 0 Å². The topological polar surface area (TPSA) is 92.4 Å². The van der Waals surface area contributed by atoms with Crippen molar-refractivity contribution in [3.63, 3.8) is 0 Å². The summed E-state index contributed by atoms with van der Waals surface area (Å²) in [6.45, 7) is 6.41. The molecule has 4 atom stereocenters. The minimum Gasteiger partial charge on any atom is -0.481 e. The summed E-state index contributed by atoms with van der Waals surface area (Å²) in [5.74, 6) is -0.708. The molecule has 0 aromatic heterocycles. The lowest BCUT2D eigenvalue weighted by Crippen LogP contribution is -2.46. The van der Waals surface area contributed by atoms with Crippen LogP contribution in [0, 0.1) is 5.92 Å². The minimum absolute atomic E-state index is 0.0392. The molecule has 0 radical (unpaired) electrons. The van der Waals surface area contributed by atoms with E-state index in [4.69, 9.17) is 10.8 Å². The SMILES string of the molecule is CC(CCC1C(C)SC1C)NC(=O)[C@@H](N)CC(=O)O. The molecular formula is C13H24N2O3S. The van der Waals surface area contributed by atoms with E-state index in [0.717, 1.165) is 18.8 Å². The fourth-order valence-corrected chi connectivity index (χ4v) is 4.00. The summed E-state index contributed by atoms with van der Waals surface area (Å²) in [5, 5.41) is 12.8. The molecule has 0 aromatic carbocycles. The number of hydrogen-bond acceptors (Lipinski definition) is 4. The molecule has 1 rings (SSSR count). The van der Waals surface area contributed by atoms with Gasteiger partial charge in [0.05, 0.1) is 12.5 Å². The van der Waals surface area contributed by atoms with Crippen molar-refractivity contribution in [3.8, 4) is 0 Å². The number of amides is 1. The van der Waals surface area contributed by atoms with Crippen LogP contribution in [0.4, 0.5) is 0 Å². The van der Waals surface area contributed by atoms with Crippen LogP contribution in [0.15, 0.2) is 0 Å². The van der Waals surface area contributed by atoms with Crippen molar-refractivity contribution in [1.29, 1.82) is 0 Å². The molecule has 1 aliphatic rings. The fourth-order valence-electron chi connectivity index (χ4n) is 2.45. The summed E-state index contributed by atoms with van der Waals surface area (Å²) >= 11 is 2.00. The van der Waals surface area contributed by atoms with Crippen molar-refractivity contribution in [2.45, 2.75) is 62.6 Å². The van der Waals surface area contributed by atoms with Gasteiger partial charge in [-0.05, 0) is 25.7 Å². The molecule has 1 heterocycles. The number of carbonyl (C=O) groups is 2. The Morgan fingerprint density at radius 3 is 2.42 bits per heavy atom. The first-order valence-electron chi connectivity index (χ1n) is 6.74. The quantitative estimate of drug-likeness (QED) is 0.655. The highest BCUT2D eigenvalue weighted by atomic mass is 32.2. The van der Waals surface area contributed by atoms with Gasteiger partial charge in [-0.15, -0.1) is 0 Å². The standard InChI is InChI=1S/C13H24N2O3S/c1-7(4-5-10-8(2)19-9(10)3)15-13(18)11(14)6-12(16)17/h7-11H,4-6,14H2,1-3H3,(H,15,18)(H,16,17)/t7?,8?,9?,10?,11-/m0/s1. The second-order valence-electron chi connectivity index (χ2n) is 5.40. The summed E-state index contributed by atoms with van der Waals surface area (Å²) in [6.07, 6.45) is 1.67. The monoisotopic (exact) mass is 288 g/mol. The van der Waals surface area contributed by atoms with E-state index in [0.29, 0.717) is 10.5 Å². The molecule has 1 fully saturated rings. The van der Waals surface area contributed by atoms with Crippen LogP contribution in [0.2, 0.25) is 0 Å². The van der Waals surface area contributed by atoms with E-state index >= 15 is 0 Å². The number of aliphatic carboxylic acids is 1. The van der Waals surface area contributed by atoms with Crippen molar-refractivity contribution >= 4 is 23.6 Å². The Kier molecular flexibility index (Phi) is 6.13. The highest BCUT2D eigenvalue weighted by Crippen LogP contribution is 2.44. The number of rotatable bonds is 7. The molecule has 6 heteroatoms. The molecule has 1 saturated heterocycles. The van der Waals surface area contributed by atoms with Crippen molar-refractivity contribution in [2.24, 2.45) is 11.7 Å². The Bertz CT molecular complexity index is 330. The van der Waals surface area contributed by atoms with Gasteiger partial charge in [0, 0.05) is 16.5 Å². The normalized spacial score (nSPS) is 29.2. The van der Waals surface area contributed by atoms with Gasteiger partial charge >= 0.3 is 5.97 Å². The lowest BCUT2D eigenvalue weighted by atomic mass is 9.93. The molecule has 0 saturated carbocycles. The van der Waals surface area contributed by atoms with Crippen LogP contribution in [-0.4, -0.2) is 39.6 Å². The Hall–Kier alpha value is -0.750. The van der Waals surface area contributed by atoms with Crippen molar-refractivity contribution in [1.82, 2.24) is 5.32 Å². The van der Waals surface area contributed by atoms with Crippen LogP contribution in [0.25, 0.3) is 0 Å². The summed E-state index contributed by atoms with van der Waals surface area (Å²) in [6, 6.07) is -0.922. The van der Waals surface area contributed by atoms with E-state index in [2.05, 4.69) is 19.2 Å². The Balaban J connectivity index is 2.25. The number of carboxylic acid groups (broad SMARTS) is 1. The molecule has 0 spiro atoms. The predicted molar refractivity (Wildman–Crippen MR) is 77.1 cm³/mol. The largest absolute Gasteiger partial charge is 0.481 e. The maximum Gasteiger partial charge on any atom is 0.305 e. The lowest BCUT2D eigenvalue weighted by Gasteiger charge is -2.41. The molecular weight excluding hydrogens is 264 g/mol. The van der Waals surface area contributed by atoms with Crippen LogP contribution in [0.3, 0.4) is 0 Å². The van der Waals surface area contributed by atoms with Crippen LogP contribution in [0.5, 0.6) is 0 Å². The summed E-state index contributed by atoms with van der Waals surface area (Å²) in [4.78, 5) is 22.1. The van der Waals surface area contributed by atoms with Gasteiger partial charge in [0.2, 0.25) is 5.91 Å². The Morgan fingerprint density at radius 2 is 1.95 bits per heavy atom. The summed E-state index contributed by atoms with van der Waals surface area (Å²) in [7, 11) is 0.